The van der Waals surface area contributed by atoms with Crippen molar-refractivity contribution in [3.05, 3.63) is 47.3 Å². The minimum atomic E-state index is -1.19. The van der Waals surface area contributed by atoms with E-state index in [1.807, 2.05) is 0 Å². The maximum Gasteiger partial charge on any atom is 0.328 e. The average Bonchev–Trinajstić information content (AvgIpc) is 2.18. The third-order valence-electron chi connectivity index (χ3n) is 1.82. The number of carboxylic acids is 1. The quantitative estimate of drug-likeness (QED) is 0.610. The predicted molar refractivity (Wildman–Crippen MR) is 52.2 cm³/mol. The molecule has 0 aliphatic heterocycles. The van der Waals surface area contributed by atoms with Crippen LogP contribution in [0.1, 0.15) is 15.9 Å². The molecule has 1 aromatic rings. The van der Waals surface area contributed by atoms with Crippen LogP contribution in [0.5, 0.6) is 0 Å². The first-order chi connectivity index (χ1) is 7.00. The summed E-state index contributed by atoms with van der Waals surface area (Å²) in [5, 5.41) is 8.31. The van der Waals surface area contributed by atoms with Gasteiger partial charge in [-0.05, 0) is 36.8 Å². The van der Waals surface area contributed by atoms with Crippen LogP contribution in [0.2, 0.25) is 0 Å². The van der Waals surface area contributed by atoms with Gasteiger partial charge < -0.3 is 5.11 Å². The van der Waals surface area contributed by atoms with Gasteiger partial charge in [0.25, 0.3) is 0 Å². The van der Waals surface area contributed by atoms with Crippen molar-refractivity contribution < 1.29 is 19.1 Å². The lowest BCUT2D eigenvalue weighted by Crippen LogP contribution is -1.98. The van der Waals surface area contributed by atoms with Gasteiger partial charge in [-0.25, -0.2) is 9.18 Å². The number of carbonyl (C=O) groups is 2. The Bertz CT molecular complexity index is 435. The third-order valence-corrected chi connectivity index (χ3v) is 1.82. The van der Waals surface area contributed by atoms with Gasteiger partial charge in [-0.15, -0.1) is 0 Å². The highest BCUT2D eigenvalue weighted by molar-refractivity contribution is 6.06. The summed E-state index contributed by atoms with van der Waals surface area (Å²) in [4.78, 5) is 21.5. The van der Waals surface area contributed by atoms with E-state index in [1.165, 1.54) is 25.1 Å². The highest BCUT2D eigenvalue weighted by atomic mass is 19.1. The van der Waals surface area contributed by atoms with Crippen LogP contribution >= 0.6 is 0 Å². The number of rotatable bonds is 3. The number of aliphatic carboxylic acids is 1. The summed E-state index contributed by atoms with van der Waals surface area (Å²) in [6.07, 6.45) is 1.69. The van der Waals surface area contributed by atoms with Gasteiger partial charge in [0.15, 0.2) is 5.78 Å². The highest BCUT2D eigenvalue weighted by Gasteiger charge is 2.04. The topological polar surface area (TPSA) is 54.4 Å². The molecule has 0 radical (unpaired) electrons. The van der Waals surface area contributed by atoms with Crippen LogP contribution in [0.15, 0.2) is 30.4 Å². The normalized spacial score (nSPS) is 10.5. The smallest absolute Gasteiger partial charge is 0.328 e. The van der Waals surface area contributed by atoms with Crippen molar-refractivity contribution in [3.63, 3.8) is 0 Å². The average molecular weight is 208 g/mol. The maximum atomic E-state index is 12.9. The zero-order chi connectivity index (χ0) is 11.4. The first-order valence-corrected chi connectivity index (χ1v) is 4.22. The first kappa shape index (κ1) is 11.1. The van der Waals surface area contributed by atoms with Gasteiger partial charge in [0.05, 0.1) is 0 Å². The summed E-state index contributed by atoms with van der Waals surface area (Å²) in [6, 6.07) is 3.87. The zero-order valence-electron chi connectivity index (χ0n) is 8.03. The molecular weight excluding hydrogens is 199 g/mol. The van der Waals surface area contributed by atoms with Gasteiger partial charge >= 0.3 is 5.97 Å². The Hall–Kier alpha value is -1.97. The van der Waals surface area contributed by atoms with E-state index in [9.17, 15) is 14.0 Å². The van der Waals surface area contributed by atoms with Gasteiger partial charge in [-0.2, -0.15) is 0 Å². The van der Waals surface area contributed by atoms with Crippen LogP contribution < -0.4 is 0 Å². The summed E-state index contributed by atoms with van der Waals surface area (Å²) in [5.41, 5.74) is 0.621. The van der Waals surface area contributed by atoms with Gasteiger partial charge in [0, 0.05) is 11.6 Å². The van der Waals surface area contributed by atoms with Crippen LogP contribution in [0.25, 0.3) is 0 Å². The minimum absolute atomic E-state index is 0.270. The fourth-order valence-corrected chi connectivity index (χ4v) is 1.04. The van der Waals surface area contributed by atoms with E-state index in [-0.39, 0.29) is 5.56 Å². The fourth-order valence-electron chi connectivity index (χ4n) is 1.04. The van der Waals surface area contributed by atoms with E-state index in [4.69, 9.17) is 5.11 Å². The van der Waals surface area contributed by atoms with Crippen molar-refractivity contribution in [1.82, 2.24) is 0 Å². The minimum Gasteiger partial charge on any atom is -0.478 e. The Morgan fingerprint density at radius 2 is 2.00 bits per heavy atom. The molecule has 0 saturated heterocycles. The molecule has 1 aromatic carbocycles. The molecule has 0 heterocycles. The third kappa shape index (κ3) is 3.02. The molecule has 0 aliphatic rings. The Labute approximate surface area is 85.8 Å². The number of aryl methyl sites for hydroxylation is 1. The summed E-state index contributed by atoms with van der Waals surface area (Å²) >= 11 is 0. The lowest BCUT2D eigenvalue weighted by Gasteiger charge is -1.98. The number of carbonyl (C=O) groups excluding carboxylic acids is 1. The number of carboxylic acid groups (broad SMARTS) is 1. The van der Waals surface area contributed by atoms with Crippen LogP contribution in [-0.4, -0.2) is 16.9 Å². The standard InChI is InChI=1S/C11H9FO3/c1-7-6-8(2-3-9(7)12)10(13)4-5-11(14)15/h2-6H,1H3,(H,14,15). The molecule has 0 fully saturated rings. The number of hydrogen-bond donors (Lipinski definition) is 1. The molecule has 0 aliphatic carbocycles. The molecule has 78 valence electrons. The Kier molecular flexibility index (Phi) is 3.33. The fraction of sp³-hybridized carbons (Fsp3) is 0.0909. The van der Waals surface area contributed by atoms with Crippen molar-refractivity contribution in [2.24, 2.45) is 0 Å². The highest BCUT2D eigenvalue weighted by Crippen LogP contribution is 2.10. The van der Waals surface area contributed by atoms with Crippen molar-refractivity contribution in [2.75, 3.05) is 0 Å². The summed E-state index contributed by atoms with van der Waals surface area (Å²) in [6.45, 7) is 1.53. The predicted octanol–water partition coefficient (Wildman–Crippen LogP) is 1.96. The maximum absolute atomic E-state index is 12.9. The van der Waals surface area contributed by atoms with Crippen LogP contribution in [-0.2, 0) is 4.79 Å². The van der Waals surface area contributed by atoms with Gasteiger partial charge in [-0.3, -0.25) is 4.79 Å². The molecule has 0 saturated carbocycles. The monoisotopic (exact) mass is 208 g/mol. The molecule has 3 nitrogen and oxygen atoms in total. The van der Waals surface area contributed by atoms with E-state index < -0.39 is 17.6 Å². The second-order valence-corrected chi connectivity index (χ2v) is 3.00. The van der Waals surface area contributed by atoms with Gasteiger partial charge in [-0.1, -0.05) is 0 Å². The SMILES string of the molecule is Cc1cc(C(=O)C=CC(=O)O)ccc1F. The molecule has 0 aromatic heterocycles. The Morgan fingerprint density at radius 3 is 2.53 bits per heavy atom. The van der Waals surface area contributed by atoms with E-state index >= 15 is 0 Å². The van der Waals surface area contributed by atoms with Crippen LogP contribution in [0.3, 0.4) is 0 Å². The Morgan fingerprint density at radius 1 is 1.33 bits per heavy atom. The van der Waals surface area contributed by atoms with Crippen LogP contribution in [0, 0.1) is 12.7 Å². The van der Waals surface area contributed by atoms with Crippen LogP contribution in [0.4, 0.5) is 4.39 Å². The van der Waals surface area contributed by atoms with Gasteiger partial charge in [0.1, 0.15) is 5.82 Å². The molecule has 0 spiro atoms. The zero-order valence-corrected chi connectivity index (χ0v) is 8.03. The number of allylic oxidation sites excluding steroid dienone is 1. The van der Waals surface area contributed by atoms with E-state index in [2.05, 4.69) is 0 Å². The number of halogens is 1. The second kappa shape index (κ2) is 4.50. The molecule has 4 heteroatoms. The lowest BCUT2D eigenvalue weighted by atomic mass is 10.1. The molecule has 1 rings (SSSR count). The number of benzene rings is 1. The van der Waals surface area contributed by atoms with E-state index in [0.29, 0.717) is 5.56 Å². The first-order valence-electron chi connectivity index (χ1n) is 4.22. The summed E-state index contributed by atoms with van der Waals surface area (Å²) < 4.78 is 12.9. The largest absolute Gasteiger partial charge is 0.478 e. The van der Waals surface area contributed by atoms with E-state index in [1.54, 1.807) is 0 Å². The van der Waals surface area contributed by atoms with Crippen molar-refractivity contribution in [3.8, 4) is 0 Å². The van der Waals surface area contributed by atoms with E-state index in [0.717, 1.165) is 12.2 Å². The molecule has 0 atom stereocenters. The number of hydrogen-bond acceptors (Lipinski definition) is 2. The second-order valence-electron chi connectivity index (χ2n) is 3.00. The molecule has 1 N–H and O–H groups in total. The molecular formula is C11H9FO3. The Balaban J connectivity index is 2.92. The lowest BCUT2D eigenvalue weighted by molar-refractivity contribution is -0.131. The summed E-state index contributed by atoms with van der Waals surface area (Å²) in [5.74, 6) is -2.04. The van der Waals surface area contributed by atoms with Gasteiger partial charge in [0.2, 0.25) is 0 Å². The van der Waals surface area contributed by atoms with Crippen molar-refractivity contribution in [1.29, 1.82) is 0 Å². The number of ketones is 1. The summed E-state index contributed by atoms with van der Waals surface area (Å²) in [7, 11) is 0. The molecule has 0 amide bonds. The molecule has 0 bridgehead atoms. The molecule has 0 unspecified atom stereocenters. The van der Waals surface area contributed by atoms with Crippen molar-refractivity contribution >= 4 is 11.8 Å². The van der Waals surface area contributed by atoms with Crippen molar-refractivity contribution in [2.45, 2.75) is 6.92 Å². The molecule has 15 heavy (non-hydrogen) atoms.